The molecular formula is C21H15F6N5O. The Morgan fingerprint density at radius 1 is 1.06 bits per heavy atom. The minimum absolute atomic E-state index is 0.118. The number of aromatic nitrogens is 3. The molecule has 3 rings (SSSR count). The lowest BCUT2D eigenvalue weighted by molar-refractivity contribution is -0.145. The molecular weight excluding hydrogens is 452 g/mol. The van der Waals surface area contributed by atoms with Crippen molar-refractivity contribution in [1.82, 2.24) is 14.8 Å². The number of rotatable bonds is 3. The number of pyridine rings is 1. The standard InChI is InChI=1S/C21H15F6N5O/c1-11-5-4-6-13(7-11)31(3)19(33)16-8-12(2)30-32(16)18-14(10-28)15(20(22,23)24)9-17(29-18)21(25,26)27/h4-9H,1-3H3. The van der Waals surface area contributed by atoms with Crippen LogP contribution in [0, 0.1) is 25.2 Å². The third kappa shape index (κ3) is 4.67. The van der Waals surface area contributed by atoms with Crippen molar-refractivity contribution >= 4 is 11.6 Å². The zero-order valence-electron chi connectivity index (χ0n) is 17.4. The van der Waals surface area contributed by atoms with Gasteiger partial charge in [-0.2, -0.15) is 36.7 Å². The van der Waals surface area contributed by atoms with Gasteiger partial charge in [0, 0.05) is 12.7 Å². The maximum atomic E-state index is 13.5. The topological polar surface area (TPSA) is 74.8 Å². The lowest BCUT2D eigenvalue weighted by Gasteiger charge is -2.20. The number of benzene rings is 1. The quantitative estimate of drug-likeness (QED) is 0.504. The second-order valence-corrected chi connectivity index (χ2v) is 7.15. The maximum Gasteiger partial charge on any atom is 0.433 e. The molecule has 0 N–H and O–H groups in total. The number of hydrogen-bond acceptors (Lipinski definition) is 4. The fourth-order valence-electron chi connectivity index (χ4n) is 3.10. The van der Waals surface area contributed by atoms with E-state index in [0.717, 1.165) is 10.5 Å². The van der Waals surface area contributed by atoms with Gasteiger partial charge in [0.05, 0.1) is 11.3 Å². The van der Waals surface area contributed by atoms with Crippen LogP contribution in [-0.2, 0) is 12.4 Å². The summed E-state index contributed by atoms with van der Waals surface area (Å²) >= 11 is 0. The molecule has 0 aliphatic rings. The number of carbonyl (C=O) groups is 1. The first-order valence-electron chi connectivity index (χ1n) is 9.25. The number of nitriles is 1. The smallest absolute Gasteiger partial charge is 0.310 e. The van der Waals surface area contributed by atoms with Crippen molar-refractivity contribution in [3.8, 4) is 11.9 Å². The van der Waals surface area contributed by atoms with Crippen molar-refractivity contribution in [2.45, 2.75) is 26.2 Å². The van der Waals surface area contributed by atoms with Gasteiger partial charge < -0.3 is 4.90 Å². The van der Waals surface area contributed by atoms with Crippen LogP contribution in [0.2, 0.25) is 0 Å². The van der Waals surface area contributed by atoms with Gasteiger partial charge in [-0.3, -0.25) is 4.79 Å². The van der Waals surface area contributed by atoms with Crippen LogP contribution in [0.4, 0.5) is 32.0 Å². The van der Waals surface area contributed by atoms with Gasteiger partial charge in [-0.25, -0.2) is 9.67 Å². The highest BCUT2D eigenvalue weighted by Gasteiger charge is 2.42. The van der Waals surface area contributed by atoms with Crippen LogP contribution in [0.5, 0.6) is 0 Å². The maximum absolute atomic E-state index is 13.5. The van der Waals surface area contributed by atoms with Crippen molar-refractivity contribution in [2.75, 3.05) is 11.9 Å². The predicted molar refractivity (Wildman–Crippen MR) is 105 cm³/mol. The second-order valence-electron chi connectivity index (χ2n) is 7.15. The molecule has 0 unspecified atom stereocenters. The van der Waals surface area contributed by atoms with Gasteiger partial charge in [0.15, 0.2) is 5.82 Å². The number of nitrogens with zero attached hydrogens (tertiary/aromatic N) is 5. The van der Waals surface area contributed by atoms with Crippen LogP contribution in [0.3, 0.4) is 0 Å². The molecule has 1 amide bonds. The van der Waals surface area contributed by atoms with Gasteiger partial charge in [0.2, 0.25) is 0 Å². The Hall–Kier alpha value is -3.88. The van der Waals surface area contributed by atoms with E-state index in [1.54, 1.807) is 31.2 Å². The van der Waals surface area contributed by atoms with E-state index in [4.69, 9.17) is 0 Å². The highest BCUT2D eigenvalue weighted by molar-refractivity contribution is 6.05. The van der Waals surface area contributed by atoms with E-state index in [1.165, 1.54) is 26.1 Å². The number of amides is 1. The number of aryl methyl sites for hydroxylation is 2. The molecule has 0 radical (unpaired) electrons. The number of halogens is 6. The van der Waals surface area contributed by atoms with Crippen LogP contribution < -0.4 is 4.90 Å². The van der Waals surface area contributed by atoms with E-state index < -0.39 is 40.9 Å². The Kier molecular flexibility index (Phi) is 5.93. The predicted octanol–water partition coefficient (Wildman–Crippen LogP) is 5.07. The first kappa shape index (κ1) is 23.8. The molecule has 2 aromatic heterocycles. The van der Waals surface area contributed by atoms with E-state index in [0.29, 0.717) is 10.4 Å². The molecule has 0 fully saturated rings. The monoisotopic (exact) mass is 467 g/mol. The molecule has 0 saturated heterocycles. The molecule has 1 aromatic carbocycles. The fraction of sp³-hybridized carbons (Fsp3) is 0.238. The van der Waals surface area contributed by atoms with Gasteiger partial charge in [-0.15, -0.1) is 0 Å². The summed E-state index contributed by atoms with van der Waals surface area (Å²) in [5.74, 6) is -1.83. The minimum atomic E-state index is -5.28. The van der Waals surface area contributed by atoms with Crippen molar-refractivity contribution in [1.29, 1.82) is 5.26 Å². The second kappa shape index (κ2) is 8.23. The molecule has 12 heteroatoms. The average molecular weight is 467 g/mol. The lowest BCUT2D eigenvalue weighted by atomic mass is 10.1. The summed E-state index contributed by atoms with van der Waals surface area (Å²) in [6.45, 7) is 3.17. The third-order valence-corrected chi connectivity index (χ3v) is 4.65. The van der Waals surface area contributed by atoms with Crippen LogP contribution >= 0.6 is 0 Å². The van der Waals surface area contributed by atoms with E-state index >= 15 is 0 Å². The number of alkyl halides is 6. The summed E-state index contributed by atoms with van der Waals surface area (Å²) in [6.07, 6.45) is -10.5. The molecule has 172 valence electrons. The van der Waals surface area contributed by atoms with Crippen LogP contribution in [0.15, 0.2) is 36.4 Å². The zero-order chi connectivity index (χ0) is 24.7. The number of anilines is 1. The lowest BCUT2D eigenvalue weighted by Crippen LogP contribution is -2.29. The first-order valence-corrected chi connectivity index (χ1v) is 9.25. The summed E-state index contributed by atoms with van der Waals surface area (Å²) < 4.78 is 81.0. The van der Waals surface area contributed by atoms with E-state index in [2.05, 4.69) is 10.1 Å². The number of hydrogen-bond donors (Lipinski definition) is 0. The van der Waals surface area contributed by atoms with Crippen molar-refractivity contribution in [3.05, 3.63) is 70.2 Å². The summed E-state index contributed by atoms with van der Waals surface area (Å²) in [5, 5.41) is 13.2. The van der Waals surface area contributed by atoms with Gasteiger partial charge in [-0.1, -0.05) is 12.1 Å². The summed E-state index contributed by atoms with van der Waals surface area (Å²) in [5.41, 5.74) is -3.90. The highest BCUT2D eigenvalue weighted by atomic mass is 19.4. The molecule has 0 aliphatic heterocycles. The van der Waals surface area contributed by atoms with Crippen molar-refractivity contribution in [2.24, 2.45) is 0 Å². The van der Waals surface area contributed by atoms with Crippen LogP contribution in [-0.4, -0.2) is 27.7 Å². The molecule has 0 saturated carbocycles. The Morgan fingerprint density at radius 3 is 2.27 bits per heavy atom. The average Bonchev–Trinajstić information content (AvgIpc) is 3.11. The summed E-state index contributed by atoms with van der Waals surface area (Å²) in [6, 6.07) is 8.92. The van der Waals surface area contributed by atoms with Gasteiger partial charge in [0.1, 0.15) is 23.0 Å². The van der Waals surface area contributed by atoms with Crippen LogP contribution in [0.1, 0.15) is 38.6 Å². The molecule has 0 atom stereocenters. The molecule has 0 spiro atoms. The van der Waals surface area contributed by atoms with Gasteiger partial charge in [0.25, 0.3) is 5.91 Å². The zero-order valence-corrected chi connectivity index (χ0v) is 17.4. The highest BCUT2D eigenvalue weighted by Crippen LogP contribution is 2.38. The van der Waals surface area contributed by atoms with Gasteiger partial charge in [-0.05, 0) is 43.7 Å². The largest absolute Gasteiger partial charge is 0.433 e. The molecule has 6 nitrogen and oxygen atoms in total. The third-order valence-electron chi connectivity index (χ3n) is 4.65. The Morgan fingerprint density at radius 2 is 1.73 bits per heavy atom. The molecule has 3 aromatic rings. The van der Waals surface area contributed by atoms with Crippen molar-refractivity contribution < 1.29 is 31.1 Å². The number of carbonyl (C=O) groups excluding carboxylic acids is 1. The van der Waals surface area contributed by atoms with E-state index in [1.807, 2.05) is 0 Å². The van der Waals surface area contributed by atoms with Gasteiger partial charge >= 0.3 is 12.4 Å². The Balaban J connectivity index is 2.27. The van der Waals surface area contributed by atoms with Crippen LogP contribution in [0.25, 0.3) is 5.82 Å². The first-order chi connectivity index (χ1) is 15.2. The molecule has 33 heavy (non-hydrogen) atoms. The summed E-state index contributed by atoms with van der Waals surface area (Å²) in [4.78, 5) is 17.5. The van der Waals surface area contributed by atoms with E-state index in [9.17, 15) is 36.4 Å². The van der Waals surface area contributed by atoms with E-state index in [-0.39, 0.29) is 17.5 Å². The minimum Gasteiger partial charge on any atom is -0.310 e. The normalized spacial score (nSPS) is 11.9. The Labute approximate surface area is 183 Å². The molecule has 0 bridgehead atoms. The SMILES string of the molecule is Cc1cccc(N(C)C(=O)c2cc(C)nn2-c2nc(C(F)(F)F)cc(C(F)(F)F)c2C#N)c1. The summed E-state index contributed by atoms with van der Waals surface area (Å²) in [7, 11) is 1.38. The molecule has 0 aliphatic carbocycles. The Bertz CT molecular complexity index is 1270. The molecule has 2 heterocycles. The fourth-order valence-corrected chi connectivity index (χ4v) is 3.10. The van der Waals surface area contributed by atoms with Crippen molar-refractivity contribution in [3.63, 3.8) is 0 Å².